The summed E-state index contributed by atoms with van der Waals surface area (Å²) in [6, 6.07) is 0. The maximum atomic E-state index is 11.8. The van der Waals surface area contributed by atoms with Crippen molar-refractivity contribution in [2.24, 2.45) is 16.9 Å². The minimum Gasteiger partial charge on any atom is -0.396 e. The number of carbonyl (C=O) groups is 3. The topological polar surface area (TPSA) is 156 Å². The SMILES string of the molecule is CCC(=O)[C@H](N)SCCNC(=O)CC[C@](O)(C(N)=O)C(C)(C)CO. The molecule has 0 aromatic rings. The van der Waals surface area contributed by atoms with Crippen molar-refractivity contribution in [3.05, 3.63) is 0 Å². The van der Waals surface area contributed by atoms with Crippen molar-refractivity contribution in [1.82, 2.24) is 5.32 Å². The molecular weight excluding hydrogens is 334 g/mol. The van der Waals surface area contributed by atoms with Crippen molar-refractivity contribution >= 4 is 29.4 Å². The molecule has 0 fully saturated rings. The van der Waals surface area contributed by atoms with E-state index in [4.69, 9.17) is 11.5 Å². The van der Waals surface area contributed by atoms with E-state index in [-0.39, 0.29) is 24.5 Å². The van der Waals surface area contributed by atoms with Gasteiger partial charge in [0, 0.05) is 30.6 Å². The molecule has 24 heavy (non-hydrogen) atoms. The zero-order valence-electron chi connectivity index (χ0n) is 14.5. The average Bonchev–Trinajstić information content (AvgIpc) is 2.54. The van der Waals surface area contributed by atoms with Gasteiger partial charge in [-0.2, -0.15) is 0 Å². The largest absolute Gasteiger partial charge is 0.396 e. The third kappa shape index (κ3) is 6.39. The number of hydrogen-bond acceptors (Lipinski definition) is 7. The second-order valence-electron chi connectivity index (χ2n) is 6.23. The van der Waals surface area contributed by atoms with Crippen LogP contribution in [0.5, 0.6) is 0 Å². The first-order chi connectivity index (χ1) is 11.0. The van der Waals surface area contributed by atoms with Crippen LogP contribution in [0, 0.1) is 5.41 Å². The summed E-state index contributed by atoms with van der Waals surface area (Å²) in [5.41, 5.74) is 7.74. The lowest BCUT2D eigenvalue weighted by Gasteiger charge is -2.38. The van der Waals surface area contributed by atoms with Gasteiger partial charge in [0.1, 0.15) is 5.37 Å². The first-order valence-corrected chi connectivity index (χ1v) is 8.86. The van der Waals surface area contributed by atoms with Crippen LogP contribution < -0.4 is 16.8 Å². The summed E-state index contributed by atoms with van der Waals surface area (Å²) in [4.78, 5) is 34.7. The maximum Gasteiger partial charge on any atom is 0.250 e. The Balaban J connectivity index is 4.33. The highest BCUT2D eigenvalue weighted by Crippen LogP contribution is 2.34. The Kier molecular flexibility index (Phi) is 9.49. The molecule has 9 heteroatoms. The van der Waals surface area contributed by atoms with Crippen molar-refractivity contribution in [1.29, 1.82) is 0 Å². The maximum absolute atomic E-state index is 11.8. The van der Waals surface area contributed by atoms with Gasteiger partial charge in [0.2, 0.25) is 11.8 Å². The summed E-state index contributed by atoms with van der Waals surface area (Å²) in [6.45, 7) is 4.59. The molecule has 0 bridgehead atoms. The zero-order valence-corrected chi connectivity index (χ0v) is 15.3. The Morgan fingerprint density at radius 1 is 1.29 bits per heavy atom. The Hall–Kier alpha value is -1.16. The molecule has 0 aliphatic carbocycles. The van der Waals surface area contributed by atoms with Gasteiger partial charge < -0.3 is 27.0 Å². The predicted molar refractivity (Wildman–Crippen MR) is 93.0 cm³/mol. The van der Waals surface area contributed by atoms with E-state index >= 15 is 0 Å². The molecule has 8 nitrogen and oxygen atoms in total. The van der Waals surface area contributed by atoms with Crippen molar-refractivity contribution in [2.75, 3.05) is 18.9 Å². The molecule has 2 atom stereocenters. The van der Waals surface area contributed by atoms with E-state index in [1.807, 2.05) is 0 Å². The molecule has 7 N–H and O–H groups in total. The minimum atomic E-state index is -1.98. The number of rotatable bonds is 12. The fourth-order valence-corrected chi connectivity index (χ4v) is 2.81. The Labute approximate surface area is 146 Å². The third-order valence-electron chi connectivity index (χ3n) is 4.02. The van der Waals surface area contributed by atoms with Crippen LogP contribution in [-0.2, 0) is 14.4 Å². The minimum absolute atomic E-state index is 0.0518. The Bertz CT molecular complexity index is 458. The van der Waals surface area contributed by atoms with Crippen molar-refractivity contribution in [2.45, 2.75) is 51.0 Å². The van der Waals surface area contributed by atoms with Crippen LogP contribution in [0.2, 0.25) is 0 Å². The number of aliphatic hydroxyl groups is 2. The predicted octanol–water partition coefficient (Wildman–Crippen LogP) is -0.885. The molecule has 2 amide bonds. The molecule has 0 saturated carbocycles. The van der Waals surface area contributed by atoms with E-state index in [0.717, 1.165) is 0 Å². The van der Waals surface area contributed by atoms with Crippen LogP contribution in [-0.4, -0.2) is 57.7 Å². The first kappa shape index (κ1) is 22.8. The standard InChI is InChI=1S/C15H29N3O5S/c1-4-10(20)12(16)24-8-7-18-11(21)5-6-15(23,13(17)22)14(2,3)9-19/h12,19,23H,4-9,16H2,1-3H3,(H2,17,22)(H,18,21)/t12-,15+/m1/s1. The highest BCUT2D eigenvalue weighted by atomic mass is 32.2. The van der Waals surface area contributed by atoms with Crippen LogP contribution in [0.3, 0.4) is 0 Å². The number of Topliss-reactive ketones (excluding diaryl/α,β-unsaturated/α-hetero) is 1. The van der Waals surface area contributed by atoms with E-state index in [1.54, 1.807) is 6.92 Å². The normalized spacial score (nSPS) is 15.4. The van der Waals surface area contributed by atoms with Gasteiger partial charge in [-0.25, -0.2) is 0 Å². The lowest BCUT2D eigenvalue weighted by molar-refractivity contribution is -0.156. The van der Waals surface area contributed by atoms with E-state index in [1.165, 1.54) is 25.6 Å². The molecule has 0 aromatic heterocycles. The summed E-state index contributed by atoms with van der Waals surface area (Å²) < 4.78 is 0. The number of hydrogen-bond donors (Lipinski definition) is 5. The number of nitrogens with two attached hydrogens (primary N) is 2. The van der Waals surface area contributed by atoms with E-state index in [0.29, 0.717) is 18.7 Å². The van der Waals surface area contributed by atoms with Crippen LogP contribution in [0.25, 0.3) is 0 Å². The Morgan fingerprint density at radius 2 is 1.88 bits per heavy atom. The average molecular weight is 363 g/mol. The van der Waals surface area contributed by atoms with Crippen LogP contribution in [0.4, 0.5) is 0 Å². The number of amides is 2. The fourth-order valence-electron chi connectivity index (χ4n) is 1.98. The summed E-state index contributed by atoms with van der Waals surface area (Å²) >= 11 is 1.24. The molecule has 0 rings (SSSR count). The van der Waals surface area contributed by atoms with Crippen LogP contribution in [0.1, 0.15) is 40.0 Å². The third-order valence-corrected chi connectivity index (χ3v) is 5.09. The van der Waals surface area contributed by atoms with Gasteiger partial charge in [-0.05, 0) is 6.42 Å². The molecule has 0 radical (unpaired) electrons. The van der Waals surface area contributed by atoms with Gasteiger partial charge in [0.25, 0.3) is 0 Å². The number of carbonyl (C=O) groups excluding carboxylic acids is 3. The lowest BCUT2D eigenvalue weighted by atomic mass is 9.72. The van der Waals surface area contributed by atoms with Gasteiger partial charge in [-0.3, -0.25) is 14.4 Å². The van der Waals surface area contributed by atoms with E-state index < -0.39 is 28.9 Å². The second-order valence-corrected chi connectivity index (χ2v) is 7.48. The van der Waals surface area contributed by atoms with Gasteiger partial charge >= 0.3 is 0 Å². The lowest BCUT2D eigenvalue weighted by Crippen LogP contribution is -2.56. The molecule has 0 saturated heterocycles. The molecule has 0 spiro atoms. The molecule has 0 unspecified atom stereocenters. The van der Waals surface area contributed by atoms with Crippen LogP contribution in [0.15, 0.2) is 0 Å². The number of nitrogens with one attached hydrogen (secondary N) is 1. The second kappa shape index (κ2) is 9.97. The van der Waals surface area contributed by atoms with Gasteiger partial charge in [0.05, 0.1) is 6.61 Å². The zero-order chi connectivity index (χ0) is 19.0. The number of ketones is 1. The number of aliphatic hydroxyl groups excluding tert-OH is 1. The smallest absolute Gasteiger partial charge is 0.250 e. The molecule has 140 valence electrons. The quantitative estimate of drug-likeness (QED) is 0.222. The van der Waals surface area contributed by atoms with Gasteiger partial charge in [0.15, 0.2) is 11.4 Å². The molecular formula is C15H29N3O5S. The first-order valence-electron chi connectivity index (χ1n) is 7.81. The number of thioether (sulfide) groups is 1. The fraction of sp³-hybridized carbons (Fsp3) is 0.800. The molecule has 0 aromatic carbocycles. The Morgan fingerprint density at radius 3 is 2.33 bits per heavy atom. The van der Waals surface area contributed by atoms with Crippen molar-refractivity contribution < 1.29 is 24.6 Å². The molecule has 0 aliphatic rings. The van der Waals surface area contributed by atoms with Crippen molar-refractivity contribution in [3.63, 3.8) is 0 Å². The van der Waals surface area contributed by atoms with Gasteiger partial charge in [-0.15, -0.1) is 11.8 Å². The van der Waals surface area contributed by atoms with Gasteiger partial charge in [-0.1, -0.05) is 20.8 Å². The van der Waals surface area contributed by atoms with Crippen molar-refractivity contribution in [3.8, 4) is 0 Å². The summed E-state index contributed by atoms with van der Waals surface area (Å²) in [6.07, 6.45) is 0.0586. The highest BCUT2D eigenvalue weighted by Gasteiger charge is 2.48. The summed E-state index contributed by atoms with van der Waals surface area (Å²) in [5.74, 6) is -0.918. The summed E-state index contributed by atoms with van der Waals surface area (Å²) in [5, 5.41) is 21.8. The molecule has 0 aliphatic heterocycles. The molecule has 0 heterocycles. The van der Waals surface area contributed by atoms with Crippen LogP contribution >= 0.6 is 11.8 Å². The number of primary amides is 1. The van der Waals surface area contributed by atoms with E-state index in [9.17, 15) is 24.6 Å². The van der Waals surface area contributed by atoms with E-state index in [2.05, 4.69) is 5.32 Å². The monoisotopic (exact) mass is 363 g/mol. The summed E-state index contributed by atoms with van der Waals surface area (Å²) in [7, 11) is 0. The highest BCUT2D eigenvalue weighted by molar-refractivity contribution is 8.00.